The van der Waals surface area contributed by atoms with Crippen molar-refractivity contribution in [2.24, 2.45) is 5.92 Å². The molecule has 36 heavy (non-hydrogen) atoms. The largest absolute Gasteiger partial charge is 0.491 e. The summed E-state index contributed by atoms with van der Waals surface area (Å²) in [4.78, 5) is 12.7. The summed E-state index contributed by atoms with van der Waals surface area (Å²) in [6, 6.07) is 7.94. The van der Waals surface area contributed by atoms with Crippen LogP contribution in [0.5, 0.6) is 5.75 Å². The van der Waals surface area contributed by atoms with Crippen molar-refractivity contribution in [2.45, 2.75) is 83.2 Å². The van der Waals surface area contributed by atoms with Crippen LogP contribution in [0.3, 0.4) is 0 Å². The normalized spacial score (nSPS) is 24.6. The van der Waals surface area contributed by atoms with Crippen LogP contribution in [0.1, 0.15) is 98.5 Å². The summed E-state index contributed by atoms with van der Waals surface area (Å²) in [5, 5.41) is 0. The summed E-state index contributed by atoms with van der Waals surface area (Å²) in [6.07, 6.45) is 9.96. The van der Waals surface area contributed by atoms with Crippen molar-refractivity contribution in [3.05, 3.63) is 76.6 Å². The number of hydrogen-bond donors (Lipinski definition) is 0. The lowest BCUT2D eigenvalue weighted by Gasteiger charge is -2.29. The zero-order valence-electron chi connectivity index (χ0n) is 21.1. The molecule has 3 nitrogen and oxygen atoms in total. The number of benzene rings is 2. The molecule has 0 atom stereocenters. The van der Waals surface area contributed by atoms with Gasteiger partial charge in [-0.3, -0.25) is 0 Å². The van der Waals surface area contributed by atoms with Gasteiger partial charge in [0, 0.05) is 0 Å². The van der Waals surface area contributed by atoms with Crippen molar-refractivity contribution in [1.29, 1.82) is 0 Å². The molecule has 2 saturated carbocycles. The summed E-state index contributed by atoms with van der Waals surface area (Å²) in [6.45, 7) is 4.20. The van der Waals surface area contributed by atoms with Gasteiger partial charge in [-0.1, -0.05) is 24.3 Å². The second kappa shape index (κ2) is 12.0. The van der Waals surface area contributed by atoms with Crippen LogP contribution in [0.25, 0.3) is 0 Å². The Morgan fingerprint density at radius 3 is 2.25 bits per heavy atom. The molecule has 6 heteroatoms. The fraction of sp³-hybridized carbons (Fsp3) is 0.500. The van der Waals surface area contributed by atoms with Gasteiger partial charge >= 0.3 is 5.97 Å². The third-order valence-electron chi connectivity index (χ3n) is 7.68. The van der Waals surface area contributed by atoms with E-state index in [1.807, 2.05) is 26.0 Å². The van der Waals surface area contributed by atoms with Gasteiger partial charge in [0.25, 0.3) is 0 Å². The third-order valence-corrected chi connectivity index (χ3v) is 7.68. The summed E-state index contributed by atoms with van der Waals surface area (Å²) < 4.78 is 54.9. The number of allylic oxidation sites excluding steroid dienone is 2. The average molecular weight is 501 g/mol. The van der Waals surface area contributed by atoms with E-state index in [1.165, 1.54) is 12.1 Å². The summed E-state index contributed by atoms with van der Waals surface area (Å²) in [7, 11) is 0. The maximum absolute atomic E-state index is 14.9. The summed E-state index contributed by atoms with van der Waals surface area (Å²) in [5.41, 5.74) is 0.893. The van der Waals surface area contributed by atoms with Gasteiger partial charge in [0.2, 0.25) is 0 Å². The molecular weight excluding hydrogens is 465 g/mol. The number of halogens is 3. The molecule has 0 radical (unpaired) electrons. The van der Waals surface area contributed by atoms with Crippen molar-refractivity contribution < 1.29 is 27.4 Å². The molecule has 2 fully saturated rings. The fourth-order valence-electron chi connectivity index (χ4n) is 5.70. The highest BCUT2D eigenvalue weighted by molar-refractivity contribution is 5.90. The predicted octanol–water partition coefficient (Wildman–Crippen LogP) is 8.24. The fourth-order valence-corrected chi connectivity index (χ4v) is 5.70. The molecule has 2 aliphatic carbocycles. The molecule has 0 aliphatic heterocycles. The first-order valence-corrected chi connectivity index (χ1v) is 13.1. The van der Waals surface area contributed by atoms with Gasteiger partial charge < -0.3 is 9.47 Å². The minimum absolute atomic E-state index is 0.0335. The third kappa shape index (κ3) is 5.96. The monoisotopic (exact) mass is 500 g/mol. The smallest absolute Gasteiger partial charge is 0.341 e. The molecule has 0 spiro atoms. The Kier molecular flexibility index (Phi) is 8.76. The van der Waals surface area contributed by atoms with Crippen LogP contribution in [-0.2, 0) is 4.74 Å². The maximum atomic E-state index is 14.9. The van der Waals surface area contributed by atoms with Gasteiger partial charge in [-0.05, 0) is 112 Å². The number of ether oxygens (including phenoxy) is 2. The molecular formula is C30H35F3O3. The molecule has 2 aromatic carbocycles. The van der Waals surface area contributed by atoms with Gasteiger partial charge in [0.05, 0.1) is 12.2 Å². The Morgan fingerprint density at radius 1 is 0.917 bits per heavy atom. The van der Waals surface area contributed by atoms with Crippen molar-refractivity contribution in [3.63, 3.8) is 0 Å². The van der Waals surface area contributed by atoms with Crippen LogP contribution in [0.2, 0.25) is 0 Å². The molecule has 0 aromatic heterocycles. The van der Waals surface area contributed by atoms with E-state index in [0.717, 1.165) is 44.1 Å². The van der Waals surface area contributed by atoms with Gasteiger partial charge in [-0.25, -0.2) is 18.0 Å². The van der Waals surface area contributed by atoms with E-state index in [9.17, 15) is 18.0 Å². The first-order valence-electron chi connectivity index (χ1n) is 13.1. The zero-order valence-corrected chi connectivity index (χ0v) is 21.1. The van der Waals surface area contributed by atoms with Crippen molar-refractivity contribution in [3.8, 4) is 5.75 Å². The van der Waals surface area contributed by atoms with Gasteiger partial charge in [-0.2, -0.15) is 0 Å². The minimum atomic E-state index is -1.12. The highest BCUT2D eigenvalue weighted by atomic mass is 19.2. The topological polar surface area (TPSA) is 35.5 Å². The lowest BCUT2D eigenvalue weighted by atomic mass is 9.78. The molecule has 2 aromatic rings. The van der Waals surface area contributed by atoms with E-state index in [2.05, 4.69) is 6.08 Å². The Hall–Kier alpha value is -2.76. The van der Waals surface area contributed by atoms with E-state index in [-0.39, 0.29) is 35.1 Å². The first kappa shape index (κ1) is 26.3. The molecule has 0 saturated heterocycles. The Morgan fingerprint density at radius 2 is 1.61 bits per heavy atom. The Balaban J connectivity index is 1.34. The van der Waals surface area contributed by atoms with Crippen LogP contribution in [0.4, 0.5) is 13.2 Å². The summed E-state index contributed by atoms with van der Waals surface area (Å²) >= 11 is 0. The van der Waals surface area contributed by atoms with Crippen molar-refractivity contribution in [2.75, 3.05) is 6.61 Å². The lowest BCUT2D eigenvalue weighted by Crippen LogP contribution is -2.25. The van der Waals surface area contributed by atoms with Crippen molar-refractivity contribution >= 4 is 5.97 Å². The highest BCUT2D eigenvalue weighted by Crippen LogP contribution is 2.39. The van der Waals surface area contributed by atoms with Crippen LogP contribution < -0.4 is 4.74 Å². The molecule has 0 amide bonds. The van der Waals surface area contributed by atoms with Gasteiger partial charge in [0.15, 0.2) is 23.2 Å². The van der Waals surface area contributed by atoms with Crippen molar-refractivity contribution in [1.82, 2.24) is 0 Å². The molecule has 0 unspecified atom stereocenters. The maximum Gasteiger partial charge on any atom is 0.341 e. The second-order valence-corrected chi connectivity index (χ2v) is 9.97. The van der Waals surface area contributed by atoms with Crippen LogP contribution in [0, 0.1) is 23.4 Å². The lowest BCUT2D eigenvalue weighted by molar-refractivity contribution is 0.0189. The molecule has 4 rings (SSSR count). The van der Waals surface area contributed by atoms with E-state index in [1.54, 1.807) is 12.1 Å². The van der Waals surface area contributed by atoms with E-state index >= 15 is 0 Å². The Labute approximate surface area is 211 Å². The number of esters is 1. The van der Waals surface area contributed by atoms with E-state index < -0.39 is 17.6 Å². The SMILES string of the molecule is C/C=C/C1CCC(c2ccc(C(=O)OC3CCC(c4ccc(OCC)c(F)c4)CC3)c(F)c2F)CC1. The summed E-state index contributed by atoms with van der Waals surface area (Å²) in [5.74, 6) is -2.40. The number of hydrogen-bond acceptors (Lipinski definition) is 3. The standard InChI is InChI=1S/C30H35F3O3/c1-3-5-19-6-8-21(9-7-19)24-15-16-25(29(33)28(24)32)30(34)36-23-13-10-20(11-14-23)22-12-17-27(35-4-2)26(31)18-22/h3,5,12,15-21,23H,4,6-11,13-14H2,1-2H3/b5-3+. The van der Waals surface area contributed by atoms with E-state index in [0.29, 0.717) is 30.9 Å². The minimum Gasteiger partial charge on any atom is -0.491 e. The molecule has 0 heterocycles. The van der Waals surface area contributed by atoms with Crippen LogP contribution >= 0.6 is 0 Å². The molecule has 0 N–H and O–H groups in total. The first-order chi connectivity index (χ1) is 17.4. The van der Waals surface area contributed by atoms with Gasteiger partial charge in [0.1, 0.15) is 6.10 Å². The van der Waals surface area contributed by atoms with Crippen LogP contribution in [0.15, 0.2) is 42.5 Å². The van der Waals surface area contributed by atoms with E-state index in [4.69, 9.17) is 9.47 Å². The number of carbonyl (C=O) groups excluding carboxylic acids is 1. The number of rotatable bonds is 7. The Bertz CT molecular complexity index is 1080. The zero-order chi connectivity index (χ0) is 25.7. The molecule has 194 valence electrons. The molecule has 2 aliphatic rings. The quantitative estimate of drug-likeness (QED) is 0.284. The predicted molar refractivity (Wildman–Crippen MR) is 134 cm³/mol. The highest BCUT2D eigenvalue weighted by Gasteiger charge is 2.30. The van der Waals surface area contributed by atoms with Crippen LogP contribution in [-0.4, -0.2) is 18.7 Å². The average Bonchev–Trinajstić information content (AvgIpc) is 2.88. The van der Waals surface area contributed by atoms with Gasteiger partial charge in [-0.15, -0.1) is 0 Å². The second-order valence-electron chi connectivity index (χ2n) is 9.97. The molecule has 0 bridgehead atoms. The number of carbonyl (C=O) groups is 1.